The normalized spacial score (nSPS) is 8.21. The maximum atomic E-state index is 10.3. The van der Waals surface area contributed by atoms with Crippen molar-refractivity contribution in [1.82, 2.24) is 0 Å². The summed E-state index contributed by atoms with van der Waals surface area (Å²) in [5.41, 5.74) is 4.54. The van der Waals surface area contributed by atoms with E-state index in [0.717, 1.165) is 6.42 Å². The van der Waals surface area contributed by atoms with Gasteiger partial charge < -0.3 is 15.2 Å². The third kappa shape index (κ3) is 17.0. The third-order valence-electron chi connectivity index (χ3n) is 1.04. The number of amides is 1. The Labute approximate surface area is 84.6 Å². The number of esters is 1. The molecule has 84 valence electrons. The predicted octanol–water partition coefficient (Wildman–Crippen LogP) is 1.45. The maximum Gasteiger partial charge on any atom is 0.404 e. The standard InChI is InChI=1S/C6H12O2.C3H7NO2/c1-3-5-8-6(7)4-2;1-2-6-3(4)5/h3-5H2,1-2H3;2H2,1H3,(H2,4,5). The summed E-state index contributed by atoms with van der Waals surface area (Å²) in [5, 5.41) is 0. The van der Waals surface area contributed by atoms with Crippen molar-refractivity contribution in [2.75, 3.05) is 13.2 Å². The summed E-state index contributed by atoms with van der Waals surface area (Å²) < 4.78 is 8.88. The van der Waals surface area contributed by atoms with Gasteiger partial charge in [0.1, 0.15) is 0 Å². The van der Waals surface area contributed by atoms with Gasteiger partial charge in [0, 0.05) is 6.42 Å². The van der Waals surface area contributed by atoms with E-state index in [9.17, 15) is 9.59 Å². The first-order valence-electron chi connectivity index (χ1n) is 4.66. The van der Waals surface area contributed by atoms with Gasteiger partial charge in [0.05, 0.1) is 13.2 Å². The van der Waals surface area contributed by atoms with Gasteiger partial charge in [-0.1, -0.05) is 13.8 Å². The fraction of sp³-hybridized carbons (Fsp3) is 0.778. The average molecular weight is 205 g/mol. The van der Waals surface area contributed by atoms with E-state index in [-0.39, 0.29) is 5.97 Å². The van der Waals surface area contributed by atoms with E-state index in [1.165, 1.54) is 0 Å². The molecule has 0 aromatic rings. The molecule has 0 aromatic carbocycles. The van der Waals surface area contributed by atoms with E-state index in [4.69, 9.17) is 4.74 Å². The molecule has 0 heterocycles. The topological polar surface area (TPSA) is 78.6 Å². The number of hydrogen-bond acceptors (Lipinski definition) is 4. The van der Waals surface area contributed by atoms with Crippen LogP contribution in [0.25, 0.3) is 0 Å². The Hall–Kier alpha value is -1.26. The van der Waals surface area contributed by atoms with Crippen molar-refractivity contribution in [3.05, 3.63) is 0 Å². The fourth-order valence-electron chi connectivity index (χ4n) is 0.460. The first-order valence-corrected chi connectivity index (χ1v) is 4.66. The zero-order valence-electron chi connectivity index (χ0n) is 9.04. The highest BCUT2D eigenvalue weighted by Gasteiger charge is 1.93. The van der Waals surface area contributed by atoms with Crippen LogP contribution in [0.2, 0.25) is 0 Å². The summed E-state index contributed by atoms with van der Waals surface area (Å²) >= 11 is 0. The quantitative estimate of drug-likeness (QED) is 0.704. The molecule has 0 aliphatic carbocycles. The lowest BCUT2D eigenvalue weighted by Crippen LogP contribution is -2.11. The van der Waals surface area contributed by atoms with Gasteiger partial charge in [-0.2, -0.15) is 0 Å². The molecule has 0 radical (unpaired) electrons. The Morgan fingerprint density at radius 3 is 1.93 bits per heavy atom. The number of rotatable bonds is 4. The summed E-state index contributed by atoms with van der Waals surface area (Å²) in [5.74, 6) is -0.105. The van der Waals surface area contributed by atoms with Crippen molar-refractivity contribution in [2.45, 2.75) is 33.6 Å². The first kappa shape index (κ1) is 15.2. The molecule has 0 saturated carbocycles. The summed E-state index contributed by atoms with van der Waals surface area (Å²) in [4.78, 5) is 19.9. The molecule has 0 aliphatic rings. The van der Waals surface area contributed by atoms with E-state index in [2.05, 4.69) is 10.5 Å². The van der Waals surface area contributed by atoms with E-state index >= 15 is 0 Å². The zero-order chi connectivity index (χ0) is 11.4. The van der Waals surface area contributed by atoms with Gasteiger partial charge in [-0.05, 0) is 13.3 Å². The number of carbonyl (C=O) groups excluding carboxylic acids is 2. The van der Waals surface area contributed by atoms with Crippen molar-refractivity contribution < 1.29 is 19.1 Å². The van der Waals surface area contributed by atoms with Crippen molar-refractivity contribution in [2.24, 2.45) is 5.73 Å². The van der Waals surface area contributed by atoms with Crippen molar-refractivity contribution >= 4 is 12.1 Å². The third-order valence-corrected chi connectivity index (χ3v) is 1.04. The van der Waals surface area contributed by atoms with Crippen molar-refractivity contribution in [3.63, 3.8) is 0 Å². The minimum Gasteiger partial charge on any atom is -0.466 e. The van der Waals surface area contributed by atoms with Gasteiger partial charge in [-0.3, -0.25) is 4.79 Å². The van der Waals surface area contributed by atoms with Crippen LogP contribution < -0.4 is 5.73 Å². The number of ether oxygens (including phenoxy) is 2. The molecule has 2 N–H and O–H groups in total. The second-order valence-electron chi connectivity index (χ2n) is 2.33. The second kappa shape index (κ2) is 11.7. The van der Waals surface area contributed by atoms with Gasteiger partial charge in [-0.25, -0.2) is 4.79 Å². The number of carbonyl (C=O) groups is 2. The SMILES string of the molecule is CCCOC(=O)CC.CCOC(N)=O. The molecule has 0 rings (SSSR count). The molecule has 14 heavy (non-hydrogen) atoms. The Balaban J connectivity index is 0. The smallest absolute Gasteiger partial charge is 0.404 e. The summed E-state index contributed by atoms with van der Waals surface area (Å²) in [6.07, 6.45) is 0.684. The van der Waals surface area contributed by atoms with E-state index in [1.807, 2.05) is 6.92 Å². The lowest BCUT2D eigenvalue weighted by atomic mass is 10.5. The Morgan fingerprint density at radius 1 is 1.14 bits per heavy atom. The lowest BCUT2D eigenvalue weighted by molar-refractivity contribution is -0.143. The molecule has 5 nitrogen and oxygen atoms in total. The molecule has 0 aromatic heterocycles. The van der Waals surface area contributed by atoms with Crippen LogP contribution in [0.3, 0.4) is 0 Å². The molecule has 5 heteroatoms. The number of primary amides is 1. The monoisotopic (exact) mass is 205 g/mol. The molecule has 0 saturated heterocycles. The van der Waals surface area contributed by atoms with Crippen LogP contribution in [-0.4, -0.2) is 25.3 Å². The van der Waals surface area contributed by atoms with E-state index < -0.39 is 6.09 Å². The first-order chi connectivity index (χ1) is 6.58. The minimum atomic E-state index is -0.711. The highest BCUT2D eigenvalue weighted by atomic mass is 16.5. The van der Waals surface area contributed by atoms with Crippen LogP contribution in [0.1, 0.15) is 33.6 Å². The lowest BCUT2D eigenvalue weighted by Gasteiger charge is -1.97. The minimum absolute atomic E-state index is 0.105. The van der Waals surface area contributed by atoms with Crippen LogP contribution in [0.15, 0.2) is 0 Å². The number of hydrogen-bond donors (Lipinski definition) is 1. The van der Waals surface area contributed by atoms with Crippen molar-refractivity contribution in [1.29, 1.82) is 0 Å². The second-order valence-corrected chi connectivity index (χ2v) is 2.33. The Kier molecular flexibility index (Phi) is 12.8. The summed E-state index contributed by atoms with van der Waals surface area (Å²) in [6.45, 7) is 6.38. The van der Waals surface area contributed by atoms with Gasteiger partial charge in [0.2, 0.25) is 0 Å². The van der Waals surface area contributed by atoms with Crippen LogP contribution in [0, 0.1) is 0 Å². The van der Waals surface area contributed by atoms with Crippen LogP contribution in [0.4, 0.5) is 4.79 Å². The maximum absolute atomic E-state index is 10.3. The molecular formula is C9H19NO4. The van der Waals surface area contributed by atoms with Crippen molar-refractivity contribution in [3.8, 4) is 0 Å². The molecule has 0 aliphatic heterocycles. The average Bonchev–Trinajstić information content (AvgIpc) is 2.15. The van der Waals surface area contributed by atoms with E-state index in [1.54, 1.807) is 13.8 Å². The predicted molar refractivity (Wildman–Crippen MR) is 52.8 cm³/mol. The van der Waals surface area contributed by atoms with Gasteiger partial charge in [0.25, 0.3) is 0 Å². The Morgan fingerprint density at radius 2 is 1.71 bits per heavy atom. The highest BCUT2D eigenvalue weighted by Crippen LogP contribution is 1.85. The molecule has 0 atom stereocenters. The van der Waals surface area contributed by atoms with Gasteiger partial charge in [0.15, 0.2) is 0 Å². The fourth-order valence-corrected chi connectivity index (χ4v) is 0.460. The summed E-state index contributed by atoms with van der Waals surface area (Å²) in [7, 11) is 0. The van der Waals surface area contributed by atoms with Crippen LogP contribution in [-0.2, 0) is 14.3 Å². The molecule has 0 unspecified atom stereocenters. The Bertz CT molecular complexity index is 159. The highest BCUT2D eigenvalue weighted by molar-refractivity contribution is 5.68. The van der Waals surface area contributed by atoms with Crippen LogP contribution in [0.5, 0.6) is 0 Å². The molecule has 0 spiro atoms. The molecule has 1 amide bonds. The zero-order valence-corrected chi connectivity index (χ0v) is 9.04. The number of nitrogens with two attached hydrogens (primary N) is 1. The van der Waals surface area contributed by atoms with Gasteiger partial charge >= 0.3 is 12.1 Å². The largest absolute Gasteiger partial charge is 0.466 e. The van der Waals surface area contributed by atoms with Crippen LogP contribution >= 0.6 is 0 Å². The summed E-state index contributed by atoms with van der Waals surface area (Å²) in [6, 6.07) is 0. The molecule has 0 bridgehead atoms. The van der Waals surface area contributed by atoms with Gasteiger partial charge in [-0.15, -0.1) is 0 Å². The molecular weight excluding hydrogens is 186 g/mol. The van der Waals surface area contributed by atoms with E-state index in [0.29, 0.717) is 19.6 Å². The molecule has 0 fully saturated rings.